The second-order valence-electron chi connectivity index (χ2n) is 5.70. The average molecular weight is 399 g/mol. The fourth-order valence-corrected chi connectivity index (χ4v) is 2.53. The third kappa shape index (κ3) is 4.86. The number of nitrogen functional groups attached to an aromatic ring is 1. The molecule has 1 heterocycles. The zero-order valence-electron chi connectivity index (χ0n) is 14.2. The molecule has 1 aliphatic heterocycles. The topological polar surface area (TPSA) is 82.8 Å². The number of hydrogen-bond acceptors (Lipinski definition) is 5. The summed E-state index contributed by atoms with van der Waals surface area (Å²) in [6.45, 7) is 2.51. The van der Waals surface area contributed by atoms with E-state index < -0.39 is 0 Å². The molecule has 1 amide bonds. The molecule has 8 heteroatoms. The molecule has 0 atom stereocenters. The average Bonchev–Trinajstić information content (AvgIpc) is 3.02. The molecule has 0 fully saturated rings. The minimum absolute atomic E-state index is 0. The Kier molecular flexibility index (Phi) is 6.83. The molecule has 0 unspecified atom stereocenters. The number of halogens is 2. The predicted molar refractivity (Wildman–Crippen MR) is 104 cm³/mol. The van der Waals surface area contributed by atoms with Crippen LogP contribution < -0.4 is 25.3 Å². The van der Waals surface area contributed by atoms with Gasteiger partial charge in [-0.1, -0.05) is 11.6 Å². The summed E-state index contributed by atoms with van der Waals surface area (Å²) < 4.78 is 16.1. The molecule has 0 saturated heterocycles. The van der Waals surface area contributed by atoms with Crippen molar-refractivity contribution in [2.45, 2.75) is 19.8 Å². The fourth-order valence-electron chi connectivity index (χ4n) is 2.41. The number of rotatable bonds is 6. The molecular formula is C18H20Cl2N2O4. The molecule has 0 aromatic heterocycles. The Bertz CT molecular complexity index is 799. The first-order chi connectivity index (χ1) is 12.0. The summed E-state index contributed by atoms with van der Waals surface area (Å²) in [5.41, 5.74) is 7.82. The van der Waals surface area contributed by atoms with Crippen LogP contribution >= 0.6 is 24.0 Å². The van der Waals surface area contributed by atoms with E-state index in [1.54, 1.807) is 18.2 Å². The van der Waals surface area contributed by atoms with Gasteiger partial charge in [-0.05, 0) is 37.1 Å². The molecule has 140 valence electrons. The molecule has 0 radical (unpaired) electrons. The molecule has 0 saturated carbocycles. The normalized spacial score (nSPS) is 11.6. The Morgan fingerprint density at radius 2 is 2.00 bits per heavy atom. The van der Waals surface area contributed by atoms with E-state index in [1.807, 2.05) is 19.1 Å². The van der Waals surface area contributed by atoms with Crippen molar-refractivity contribution >= 4 is 41.3 Å². The largest absolute Gasteiger partial charge is 0.494 e. The number of anilines is 2. The summed E-state index contributed by atoms with van der Waals surface area (Å²) in [7, 11) is 0. The van der Waals surface area contributed by atoms with Crippen LogP contribution in [0.3, 0.4) is 0 Å². The monoisotopic (exact) mass is 398 g/mol. The number of aryl methyl sites for hydroxylation is 1. The van der Waals surface area contributed by atoms with Crippen LogP contribution in [0, 0.1) is 6.92 Å². The molecule has 0 spiro atoms. The summed E-state index contributed by atoms with van der Waals surface area (Å²) in [4.78, 5) is 12.1. The smallest absolute Gasteiger partial charge is 0.231 e. The Morgan fingerprint density at radius 3 is 2.73 bits per heavy atom. The predicted octanol–water partition coefficient (Wildman–Crippen LogP) is 4.18. The van der Waals surface area contributed by atoms with E-state index in [1.165, 1.54) is 0 Å². The summed E-state index contributed by atoms with van der Waals surface area (Å²) in [6, 6.07) is 8.78. The maximum Gasteiger partial charge on any atom is 0.231 e. The van der Waals surface area contributed by atoms with Crippen LogP contribution in [0.4, 0.5) is 11.4 Å². The molecule has 2 aromatic rings. The van der Waals surface area contributed by atoms with E-state index in [-0.39, 0.29) is 25.1 Å². The third-order valence-electron chi connectivity index (χ3n) is 3.77. The van der Waals surface area contributed by atoms with Crippen molar-refractivity contribution in [3.63, 3.8) is 0 Å². The number of hydrogen-bond donors (Lipinski definition) is 2. The van der Waals surface area contributed by atoms with Gasteiger partial charge in [0.1, 0.15) is 5.75 Å². The Hall–Kier alpha value is -2.31. The third-order valence-corrected chi connectivity index (χ3v) is 4.19. The van der Waals surface area contributed by atoms with Gasteiger partial charge >= 0.3 is 0 Å². The van der Waals surface area contributed by atoms with Gasteiger partial charge in [0.2, 0.25) is 12.7 Å². The number of carbonyl (C=O) groups is 1. The zero-order valence-corrected chi connectivity index (χ0v) is 15.8. The summed E-state index contributed by atoms with van der Waals surface area (Å²) in [5, 5.41) is 3.48. The molecule has 26 heavy (non-hydrogen) atoms. The lowest BCUT2D eigenvalue weighted by molar-refractivity contribution is -0.116. The number of ether oxygens (including phenoxy) is 3. The molecule has 1 aliphatic rings. The zero-order chi connectivity index (χ0) is 17.8. The number of amides is 1. The maximum atomic E-state index is 12.1. The minimum atomic E-state index is -0.138. The number of benzene rings is 2. The quantitative estimate of drug-likeness (QED) is 0.563. The van der Waals surface area contributed by atoms with Crippen molar-refractivity contribution in [2.75, 3.05) is 24.5 Å². The van der Waals surface area contributed by atoms with Crippen LogP contribution in [0.15, 0.2) is 30.3 Å². The lowest BCUT2D eigenvalue weighted by atomic mass is 10.2. The van der Waals surface area contributed by atoms with Crippen molar-refractivity contribution in [3.8, 4) is 17.2 Å². The molecule has 2 aromatic carbocycles. The summed E-state index contributed by atoms with van der Waals surface area (Å²) in [5.74, 6) is 1.76. The molecule has 3 rings (SSSR count). The van der Waals surface area contributed by atoms with Crippen molar-refractivity contribution in [1.82, 2.24) is 0 Å². The van der Waals surface area contributed by atoms with Crippen molar-refractivity contribution in [2.24, 2.45) is 0 Å². The van der Waals surface area contributed by atoms with Gasteiger partial charge in [-0.25, -0.2) is 0 Å². The van der Waals surface area contributed by atoms with Crippen LogP contribution in [0.2, 0.25) is 5.02 Å². The van der Waals surface area contributed by atoms with E-state index in [0.717, 1.165) is 11.3 Å². The van der Waals surface area contributed by atoms with Crippen LogP contribution in [-0.4, -0.2) is 19.3 Å². The molecule has 0 aliphatic carbocycles. The Morgan fingerprint density at radius 1 is 1.27 bits per heavy atom. The van der Waals surface area contributed by atoms with Gasteiger partial charge in [0, 0.05) is 23.6 Å². The standard InChI is InChI=1S/C18H19ClN2O4.ClH/c1-11-7-12(4-5-13(11)19)23-6-2-3-18(22)21-15-9-17-16(8-14(15)20)24-10-25-17;/h4-5,7-9H,2-3,6,10,20H2,1H3,(H,21,22);1H. The Labute approximate surface area is 163 Å². The van der Waals surface area contributed by atoms with Gasteiger partial charge in [-0.2, -0.15) is 0 Å². The van der Waals surface area contributed by atoms with E-state index >= 15 is 0 Å². The van der Waals surface area contributed by atoms with Crippen LogP contribution in [0.1, 0.15) is 18.4 Å². The van der Waals surface area contributed by atoms with Crippen molar-refractivity contribution in [1.29, 1.82) is 0 Å². The van der Waals surface area contributed by atoms with Crippen LogP contribution in [-0.2, 0) is 4.79 Å². The van der Waals surface area contributed by atoms with E-state index in [4.69, 9.17) is 31.5 Å². The molecule has 3 N–H and O–H groups in total. The highest BCUT2D eigenvalue weighted by atomic mass is 35.5. The van der Waals surface area contributed by atoms with Gasteiger partial charge < -0.3 is 25.3 Å². The first-order valence-electron chi connectivity index (χ1n) is 7.91. The highest BCUT2D eigenvalue weighted by molar-refractivity contribution is 6.31. The first-order valence-corrected chi connectivity index (χ1v) is 8.28. The van der Waals surface area contributed by atoms with Gasteiger partial charge in [-0.3, -0.25) is 4.79 Å². The minimum Gasteiger partial charge on any atom is -0.494 e. The Balaban J connectivity index is 0.00000243. The number of nitrogens with two attached hydrogens (primary N) is 1. The summed E-state index contributed by atoms with van der Waals surface area (Å²) >= 11 is 5.97. The van der Waals surface area contributed by atoms with Crippen LogP contribution in [0.25, 0.3) is 0 Å². The summed E-state index contributed by atoms with van der Waals surface area (Å²) in [6.07, 6.45) is 0.901. The van der Waals surface area contributed by atoms with Crippen LogP contribution in [0.5, 0.6) is 17.2 Å². The van der Waals surface area contributed by atoms with Gasteiger partial charge in [0.05, 0.1) is 18.0 Å². The highest BCUT2D eigenvalue weighted by Gasteiger charge is 2.17. The highest BCUT2D eigenvalue weighted by Crippen LogP contribution is 2.38. The number of nitrogens with one attached hydrogen (secondary N) is 1. The van der Waals surface area contributed by atoms with Crippen molar-refractivity contribution in [3.05, 3.63) is 40.9 Å². The second-order valence-corrected chi connectivity index (χ2v) is 6.11. The molecular weight excluding hydrogens is 379 g/mol. The number of carbonyl (C=O) groups excluding carboxylic acids is 1. The van der Waals surface area contributed by atoms with E-state index in [0.29, 0.717) is 47.3 Å². The van der Waals surface area contributed by atoms with Gasteiger partial charge in [0.15, 0.2) is 11.5 Å². The molecule has 0 bridgehead atoms. The fraction of sp³-hybridized carbons (Fsp3) is 0.278. The maximum absolute atomic E-state index is 12.1. The number of fused-ring (bicyclic) bond motifs is 1. The van der Waals surface area contributed by atoms with E-state index in [2.05, 4.69) is 5.32 Å². The van der Waals surface area contributed by atoms with Gasteiger partial charge in [0.25, 0.3) is 0 Å². The van der Waals surface area contributed by atoms with Crippen molar-refractivity contribution < 1.29 is 19.0 Å². The van der Waals surface area contributed by atoms with E-state index in [9.17, 15) is 4.79 Å². The lowest BCUT2D eigenvalue weighted by Gasteiger charge is -2.10. The second kappa shape index (κ2) is 8.87. The SMILES string of the molecule is Cc1cc(OCCCC(=O)Nc2cc3c(cc2N)OCO3)ccc1Cl.Cl. The molecule has 6 nitrogen and oxygen atoms in total. The lowest BCUT2D eigenvalue weighted by Crippen LogP contribution is -2.14. The van der Waals surface area contributed by atoms with Gasteiger partial charge in [-0.15, -0.1) is 12.4 Å². The first kappa shape index (κ1) is 20.0.